The zero-order chi connectivity index (χ0) is 21.6. The fourth-order valence-corrected chi connectivity index (χ4v) is 7.62. The molecule has 5 nitrogen and oxygen atoms in total. The number of hydrogen-bond donors (Lipinski definition) is 1. The third-order valence-corrected chi connectivity index (χ3v) is 8.85. The molecule has 0 aliphatic heterocycles. The molecule has 1 atom stereocenters. The fraction of sp³-hybridized carbons (Fsp3) is 0.600. The zero-order valence-corrected chi connectivity index (χ0v) is 19.5. The minimum absolute atomic E-state index is 0.0902. The summed E-state index contributed by atoms with van der Waals surface area (Å²) in [5.41, 5.74) is 2.12. The topological polar surface area (TPSA) is 60.5 Å². The number of amides is 1. The molecule has 166 valence electrons. The van der Waals surface area contributed by atoms with Crippen molar-refractivity contribution in [3.63, 3.8) is 0 Å². The molecular weight excluding hydrogens is 408 g/mol. The van der Waals surface area contributed by atoms with Gasteiger partial charge >= 0.3 is 0 Å². The lowest BCUT2D eigenvalue weighted by atomic mass is 9.48. The van der Waals surface area contributed by atoms with Crippen LogP contribution in [-0.4, -0.2) is 31.2 Å². The summed E-state index contributed by atoms with van der Waals surface area (Å²) in [7, 11) is 3.26. The van der Waals surface area contributed by atoms with E-state index in [2.05, 4.69) is 12.2 Å². The van der Waals surface area contributed by atoms with E-state index in [1.165, 1.54) is 38.5 Å². The van der Waals surface area contributed by atoms with E-state index in [4.69, 9.17) is 14.5 Å². The van der Waals surface area contributed by atoms with Crippen LogP contribution >= 0.6 is 11.3 Å². The lowest BCUT2D eigenvalue weighted by Crippen LogP contribution is -2.56. The predicted octanol–water partition coefficient (Wildman–Crippen LogP) is 5.09. The highest BCUT2D eigenvalue weighted by Crippen LogP contribution is 2.61. The molecule has 4 bridgehead atoms. The van der Waals surface area contributed by atoms with Crippen molar-refractivity contribution in [2.75, 3.05) is 14.2 Å². The van der Waals surface area contributed by atoms with Gasteiger partial charge in [0.2, 0.25) is 5.91 Å². The number of carbonyl (C=O) groups is 1. The number of nitrogens with zero attached hydrogens (tertiary/aromatic N) is 1. The second-order valence-electron chi connectivity index (χ2n) is 9.96. The lowest BCUT2D eigenvalue weighted by Gasteiger charge is -2.59. The highest BCUT2D eigenvalue weighted by molar-refractivity contribution is 7.13. The Morgan fingerprint density at radius 2 is 1.77 bits per heavy atom. The Bertz CT molecular complexity index is 934. The Morgan fingerprint density at radius 3 is 2.39 bits per heavy atom. The van der Waals surface area contributed by atoms with Crippen LogP contribution in [0.4, 0.5) is 0 Å². The van der Waals surface area contributed by atoms with Gasteiger partial charge in [0.15, 0.2) is 11.5 Å². The summed E-state index contributed by atoms with van der Waals surface area (Å²) in [6.07, 6.45) is 8.54. The van der Waals surface area contributed by atoms with Gasteiger partial charge in [-0.15, -0.1) is 11.3 Å². The summed E-state index contributed by atoms with van der Waals surface area (Å²) in [6, 6.07) is 6.03. The second-order valence-corrected chi connectivity index (χ2v) is 10.8. The number of benzene rings is 1. The number of ether oxygens (including phenoxy) is 2. The van der Waals surface area contributed by atoms with Crippen LogP contribution in [-0.2, 0) is 11.2 Å². The molecule has 1 N–H and O–H groups in total. The van der Waals surface area contributed by atoms with Gasteiger partial charge in [-0.2, -0.15) is 0 Å². The predicted molar refractivity (Wildman–Crippen MR) is 123 cm³/mol. The molecule has 0 saturated heterocycles. The van der Waals surface area contributed by atoms with Gasteiger partial charge in [0.25, 0.3) is 0 Å². The third kappa shape index (κ3) is 3.95. The molecule has 1 aromatic carbocycles. The number of rotatable bonds is 7. The van der Waals surface area contributed by atoms with Gasteiger partial charge in [-0.05, 0) is 86.8 Å². The van der Waals surface area contributed by atoms with E-state index in [1.54, 1.807) is 25.6 Å². The maximum atomic E-state index is 12.9. The van der Waals surface area contributed by atoms with Crippen LogP contribution in [0.15, 0.2) is 23.6 Å². The molecule has 1 aromatic heterocycles. The maximum absolute atomic E-state index is 12.9. The van der Waals surface area contributed by atoms with Crippen LogP contribution in [0.5, 0.6) is 11.5 Å². The molecule has 1 unspecified atom stereocenters. The molecule has 1 amide bonds. The molecule has 4 saturated carbocycles. The van der Waals surface area contributed by atoms with Gasteiger partial charge in [0.05, 0.1) is 26.3 Å². The number of thiazole rings is 1. The van der Waals surface area contributed by atoms with Gasteiger partial charge in [0, 0.05) is 17.0 Å². The van der Waals surface area contributed by atoms with Crippen molar-refractivity contribution in [3.8, 4) is 22.1 Å². The maximum Gasteiger partial charge on any atom is 0.226 e. The van der Waals surface area contributed by atoms with Gasteiger partial charge in [0.1, 0.15) is 5.01 Å². The van der Waals surface area contributed by atoms with E-state index in [1.807, 2.05) is 23.6 Å². The average Bonchev–Trinajstić information content (AvgIpc) is 3.20. The van der Waals surface area contributed by atoms with Crippen LogP contribution in [0.1, 0.15) is 51.1 Å². The standard InChI is InChI=1S/C25H32N2O3S/c1-15(25-11-16-6-17(12-25)8-18(7-16)13-25)26-23(28)10-20-14-31-24(27-20)19-4-5-21(29-2)22(9-19)30-3/h4-5,9,14-18H,6-8,10-13H2,1-3H3,(H,26,28). The molecule has 2 aromatic rings. The van der Waals surface area contributed by atoms with E-state index in [0.29, 0.717) is 23.3 Å². The summed E-state index contributed by atoms with van der Waals surface area (Å²) in [4.78, 5) is 17.6. The molecule has 1 heterocycles. The molecule has 6 rings (SSSR count). The molecule has 0 spiro atoms. The van der Waals surface area contributed by atoms with Crippen molar-refractivity contribution in [1.29, 1.82) is 0 Å². The van der Waals surface area contributed by atoms with Crippen molar-refractivity contribution < 1.29 is 14.3 Å². The normalized spacial score (nSPS) is 29.6. The van der Waals surface area contributed by atoms with Crippen LogP contribution in [0, 0.1) is 23.2 Å². The molecular formula is C25H32N2O3S. The van der Waals surface area contributed by atoms with Crippen LogP contribution in [0.2, 0.25) is 0 Å². The van der Waals surface area contributed by atoms with Gasteiger partial charge < -0.3 is 14.8 Å². The Labute approximate surface area is 188 Å². The van der Waals surface area contributed by atoms with Crippen LogP contribution in [0.25, 0.3) is 10.6 Å². The zero-order valence-electron chi connectivity index (χ0n) is 18.6. The first-order valence-corrected chi connectivity index (χ1v) is 12.3. The van der Waals surface area contributed by atoms with Crippen molar-refractivity contribution in [2.45, 2.75) is 57.9 Å². The number of methoxy groups -OCH3 is 2. The average molecular weight is 441 g/mol. The largest absolute Gasteiger partial charge is 0.493 e. The van der Waals surface area contributed by atoms with Crippen molar-refractivity contribution in [3.05, 3.63) is 29.3 Å². The molecule has 4 aliphatic carbocycles. The molecule has 31 heavy (non-hydrogen) atoms. The molecule has 0 radical (unpaired) electrons. The number of carbonyl (C=O) groups excluding carboxylic acids is 1. The van der Waals surface area contributed by atoms with Gasteiger partial charge in [-0.25, -0.2) is 4.98 Å². The van der Waals surface area contributed by atoms with E-state index in [0.717, 1.165) is 34.0 Å². The second kappa shape index (κ2) is 8.12. The van der Waals surface area contributed by atoms with Gasteiger partial charge in [-0.3, -0.25) is 4.79 Å². The fourth-order valence-electron chi connectivity index (χ4n) is 6.81. The summed E-state index contributed by atoms with van der Waals surface area (Å²) < 4.78 is 10.7. The van der Waals surface area contributed by atoms with Crippen LogP contribution in [0.3, 0.4) is 0 Å². The number of nitrogens with one attached hydrogen (secondary N) is 1. The highest BCUT2D eigenvalue weighted by atomic mass is 32.1. The highest BCUT2D eigenvalue weighted by Gasteiger charge is 2.53. The first-order chi connectivity index (χ1) is 15.0. The molecule has 4 aliphatic rings. The Balaban J connectivity index is 1.23. The number of hydrogen-bond acceptors (Lipinski definition) is 5. The van der Waals surface area contributed by atoms with Crippen molar-refractivity contribution in [2.24, 2.45) is 23.2 Å². The Morgan fingerprint density at radius 1 is 1.13 bits per heavy atom. The summed E-state index contributed by atoms with van der Waals surface area (Å²) in [5.74, 6) is 4.15. The number of aromatic nitrogens is 1. The van der Waals surface area contributed by atoms with Crippen molar-refractivity contribution >= 4 is 17.2 Å². The minimum atomic E-state index is 0.0902. The minimum Gasteiger partial charge on any atom is -0.493 e. The van der Waals surface area contributed by atoms with E-state index < -0.39 is 0 Å². The Kier molecular flexibility index (Phi) is 5.45. The molecule has 4 fully saturated rings. The van der Waals surface area contributed by atoms with Crippen molar-refractivity contribution in [1.82, 2.24) is 10.3 Å². The quantitative estimate of drug-likeness (QED) is 0.651. The lowest BCUT2D eigenvalue weighted by molar-refractivity contribution is -0.125. The summed E-state index contributed by atoms with van der Waals surface area (Å²) in [6.45, 7) is 2.24. The van der Waals surface area contributed by atoms with E-state index in [-0.39, 0.29) is 11.9 Å². The van der Waals surface area contributed by atoms with Gasteiger partial charge in [-0.1, -0.05) is 0 Å². The monoisotopic (exact) mass is 440 g/mol. The Hall–Kier alpha value is -2.08. The SMILES string of the molecule is COc1ccc(-c2nc(CC(=O)NC(C)C34CC5CC(CC(C5)C3)C4)cs2)cc1OC. The first kappa shape index (κ1) is 20.8. The smallest absolute Gasteiger partial charge is 0.226 e. The third-order valence-electron chi connectivity index (χ3n) is 7.91. The summed E-state index contributed by atoms with van der Waals surface area (Å²) >= 11 is 1.56. The summed E-state index contributed by atoms with van der Waals surface area (Å²) in [5, 5.41) is 6.23. The van der Waals surface area contributed by atoms with E-state index in [9.17, 15) is 4.79 Å². The van der Waals surface area contributed by atoms with Crippen LogP contribution < -0.4 is 14.8 Å². The van der Waals surface area contributed by atoms with E-state index >= 15 is 0 Å². The molecule has 6 heteroatoms. The first-order valence-electron chi connectivity index (χ1n) is 11.4.